The van der Waals surface area contributed by atoms with Crippen LogP contribution in [0.3, 0.4) is 0 Å². The number of urea groups is 1. The van der Waals surface area contributed by atoms with Gasteiger partial charge in [-0.25, -0.2) is 4.79 Å². The standard InChI is InChI=1S/C19H30N4O2/c24-19(21-10-5-8-18-7-2-4-15-25-18)23-13-11-22(12-14-23)16-17-6-1-3-9-20-17/h1,3,6,9,18H,2,4-5,7-8,10-16H2,(H,21,24)/t18-/m0/s1. The third-order valence-electron chi connectivity index (χ3n) is 5.02. The van der Waals surface area contributed by atoms with E-state index in [1.54, 1.807) is 0 Å². The third kappa shape index (κ3) is 5.97. The number of pyridine rings is 1. The second-order valence-electron chi connectivity index (χ2n) is 6.95. The van der Waals surface area contributed by atoms with Crippen LogP contribution in [0.4, 0.5) is 4.79 Å². The molecule has 2 amide bonds. The first kappa shape index (κ1) is 18.1. The largest absolute Gasteiger partial charge is 0.378 e. The predicted octanol–water partition coefficient (Wildman–Crippen LogP) is 2.26. The molecule has 2 aliphatic heterocycles. The molecule has 6 heteroatoms. The number of aromatic nitrogens is 1. The number of carbonyl (C=O) groups is 1. The summed E-state index contributed by atoms with van der Waals surface area (Å²) in [4.78, 5) is 20.9. The zero-order valence-corrected chi connectivity index (χ0v) is 15.0. The van der Waals surface area contributed by atoms with Crippen molar-refractivity contribution in [2.45, 2.75) is 44.8 Å². The van der Waals surface area contributed by atoms with Crippen molar-refractivity contribution in [1.29, 1.82) is 0 Å². The SMILES string of the molecule is O=C(NCCC[C@@H]1CCCCO1)N1CCN(Cc2ccccn2)CC1. The highest BCUT2D eigenvalue weighted by Gasteiger charge is 2.21. The highest BCUT2D eigenvalue weighted by molar-refractivity contribution is 5.74. The lowest BCUT2D eigenvalue weighted by Gasteiger charge is -2.34. The Kier molecular flexibility index (Phi) is 7.06. The number of rotatable bonds is 6. The van der Waals surface area contributed by atoms with Crippen LogP contribution in [0, 0.1) is 0 Å². The van der Waals surface area contributed by atoms with Gasteiger partial charge in [-0.05, 0) is 44.2 Å². The predicted molar refractivity (Wildman–Crippen MR) is 97.3 cm³/mol. The number of piperazine rings is 1. The summed E-state index contributed by atoms with van der Waals surface area (Å²) in [7, 11) is 0. The third-order valence-corrected chi connectivity index (χ3v) is 5.02. The van der Waals surface area contributed by atoms with Crippen molar-refractivity contribution in [3.05, 3.63) is 30.1 Å². The molecule has 138 valence electrons. The molecule has 1 aromatic heterocycles. The van der Waals surface area contributed by atoms with Crippen molar-refractivity contribution in [2.75, 3.05) is 39.3 Å². The lowest BCUT2D eigenvalue weighted by atomic mass is 10.0. The van der Waals surface area contributed by atoms with Crippen molar-refractivity contribution in [3.63, 3.8) is 0 Å². The minimum atomic E-state index is 0.0713. The number of hydrogen-bond donors (Lipinski definition) is 1. The molecule has 3 rings (SSSR count). The number of amides is 2. The van der Waals surface area contributed by atoms with E-state index in [0.29, 0.717) is 6.10 Å². The number of ether oxygens (including phenoxy) is 1. The van der Waals surface area contributed by atoms with Gasteiger partial charge in [-0.1, -0.05) is 6.07 Å². The van der Waals surface area contributed by atoms with Crippen molar-refractivity contribution >= 4 is 6.03 Å². The lowest BCUT2D eigenvalue weighted by molar-refractivity contribution is 0.0102. The Morgan fingerprint density at radius 1 is 1.24 bits per heavy atom. The quantitative estimate of drug-likeness (QED) is 0.803. The summed E-state index contributed by atoms with van der Waals surface area (Å²) < 4.78 is 5.73. The summed E-state index contributed by atoms with van der Waals surface area (Å²) in [6, 6.07) is 6.08. The molecule has 1 atom stereocenters. The van der Waals surface area contributed by atoms with Crippen molar-refractivity contribution in [3.8, 4) is 0 Å². The summed E-state index contributed by atoms with van der Waals surface area (Å²) in [6.07, 6.45) is 7.93. The van der Waals surface area contributed by atoms with Crippen LogP contribution in [0.2, 0.25) is 0 Å². The van der Waals surface area contributed by atoms with E-state index in [-0.39, 0.29) is 6.03 Å². The number of hydrogen-bond acceptors (Lipinski definition) is 4. The van der Waals surface area contributed by atoms with Gasteiger partial charge in [-0.3, -0.25) is 9.88 Å². The maximum Gasteiger partial charge on any atom is 0.317 e. The fourth-order valence-corrected chi connectivity index (χ4v) is 3.50. The van der Waals surface area contributed by atoms with E-state index >= 15 is 0 Å². The number of nitrogens with zero attached hydrogens (tertiary/aromatic N) is 3. The van der Waals surface area contributed by atoms with E-state index in [2.05, 4.69) is 21.3 Å². The van der Waals surface area contributed by atoms with E-state index < -0.39 is 0 Å². The molecule has 0 saturated carbocycles. The average Bonchev–Trinajstić information content (AvgIpc) is 2.67. The van der Waals surface area contributed by atoms with Crippen LogP contribution in [-0.4, -0.2) is 66.2 Å². The number of carbonyl (C=O) groups excluding carboxylic acids is 1. The fraction of sp³-hybridized carbons (Fsp3) is 0.684. The first-order valence-electron chi connectivity index (χ1n) is 9.58. The van der Waals surface area contributed by atoms with Gasteiger partial charge in [-0.15, -0.1) is 0 Å². The van der Waals surface area contributed by atoms with E-state index in [4.69, 9.17) is 4.74 Å². The summed E-state index contributed by atoms with van der Waals surface area (Å²) in [5.41, 5.74) is 1.09. The highest BCUT2D eigenvalue weighted by atomic mass is 16.5. The normalized spacial score (nSPS) is 21.9. The maximum absolute atomic E-state index is 12.3. The molecule has 0 bridgehead atoms. The minimum Gasteiger partial charge on any atom is -0.378 e. The zero-order chi connectivity index (χ0) is 17.3. The van der Waals surface area contributed by atoms with Gasteiger partial charge in [0, 0.05) is 52.1 Å². The Morgan fingerprint density at radius 3 is 2.84 bits per heavy atom. The van der Waals surface area contributed by atoms with E-state index in [1.165, 1.54) is 19.3 Å². The van der Waals surface area contributed by atoms with Crippen molar-refractivity contribution in [1.82, 2.24) is 20.1 Å². The van der Waals surface area contributed by atoms with Gasteiger partial charge in [0.25, 0.3) is 0 Å². The van der Waals surface area contributed by atoms with E-state index in [9.17, 15) is 4.79 Å². The summed E-state index contributed by atoms with van der Waals surface area (Å²) >= 11 is 0. The molecular formula is C19H30N4O2. The Bertz CT molecular complexity index is 511. The average molecular weight is 346 g/mol. The van der Waals surface area contributed by atoms with Gasteiger partial charge in [-0.2, -0.15) is 0 Å². The molecule has 3 heterocycles. The minimum absolute atomic E-state index is 0.0713. The molecule has 2 fully saturated rings. The smallest absolute Gasteiger partial charge is 0.317 e. The molecule has 0 radical (unpaired) electrons. The van der Waals surface area contributed by atoms with E-state index in [1.807, 2.05) is 23.2 Å². The molecular weight excluding hydrogens is 316 g/mol. The van der Waals surface area contributed by atoms with Gasteiger partial charge in [0.05, 0.1) is 11.8 Å². The van der Waals surface area contributed by atoms with Gasteiger partial charge < -0.3 is 15.0 Å². The van der Waals surface area contributed by atoms with Crippen LogP contribution in [0.25, 0.3) is 0 Å². The van der Waals surface area contributed by atoms with Crippen LogP contribution in [0.5, 0.6) is 0 Å². The first-order chi connectivity index (χ1) is 12.3. The van der Waals surface area contributed by atoms with Gasteiger partial charge in [0.1, 0.15) is 0 Å². The Labute approximate surface area is 150 Å². The molecule has 0 spiro atoms. The fourth-order valence-electron chi connectivity index (χ4n) is 3.50. The van der Waals surface area contributed by atoms with Crippen molar-refractivity contribution in [2.24, 2.45) is 0 Å². The maximum atomic E-state index is 12.3. The van der Waals surface area contributed by atoms with Crippen LogP contribution in [0.1, 0.15) is 37.8 Å². The van der Waals surface area contributed by atoms with Gasteiger partial charge >= 0.3 is 6.03 Å². The Morgan fingerprint density at radius 2 is 2.12 bits per heavy atom. The highest BCUT2D eigenvalue weighted by Crippen LogP contribution is 2.16. The molecule has 1 N–H and O–H groups in total. The molecule has 1 aromatic rings. The summed E-state index contributed by atoms with van der Waals surface area (Å²) in [6.45, 7) is 5.87. The molecule has 25 heavy (non-hydrogen) atoms. The molecule has 2 aliphatic rings. The van der Waals surface area contributed by atoms with E-state index in [0.717, 1.165) is 64.4 Å². The molecule has 0 aromatic carbocycles. The first-order valence-corrected chi connectivity index (χ1v) is 9.58. The molecule has 6 nitrogen and oxygen atoms in total. The summed E-state index contributed by atoms with van der Waals surface area (Å²) in [5.74, 6) is 0. The van der Waals surface area contributed by atoms with Crippen LogP contribution in [-0.2, 0) is 11.3 Å². The zero-order valence-electron chi connectivity index (χ0n) is 15.0. The summed E-state index contributed by atoms with van der Waals surface area (Å²) in [5, 5.41) is 3.06. The second-order valence-corrected chi connectivity index (χ2v) is 6.95. The van der Waals surface area contributed by atoms with Gasteiger partial charge in [0.2, 0.25) is 0 Å². The van der Waals surface area contributed by atoms with Crippen LogP contribution >= 0.6 is 0 Å². The molecule has 2 saturated heterocycles. The van der Waals surface area contributed by atoms with Crippen molar-refractivity contribution < 1.29 is 9.53 Å². The monoisotopic (exact) mass is 346 g/mol. The Hall–Kier alpha value is -1.66. The van der Waals surface area contributed by atoms with Crippen LogP contribution in [0.15, 0.2) is 24.4 Å². The number of nitrogens with one attached hydrogen (secondary N) is 1. The molecule has 0 aliphatic carbocycles. The molecule has 0 unspecified atom stereocenters. The van der Waals surface area contributed by atoms with Gasteiger partial charge in [0.15, 0.2) is 0 Å². The van der Waals surface area contributed by atoms with Crippen LogP contribution < -0.4 is 5.32 Å². The Balaban J connectivity index is 1.29. The topological polar surface area (TPSA) is 57.7 Å². The second kappa shape index (κ2) is 9.73. The lowest BCUT2D eigenvalue weighted by Crippen LogP contribution is -2.51.